The third-order valence-electron chi connectivity index (χ3n) is 4.46. The van der Waals surface area contributed by atoms with E-state index in [-0.39, 0.29) is 12.0 Å². The molecule has 2 nitrogen and oxygen atoms in total. The molecule has 0 saturated heterocycles. The zero-order chi connectivity index (χ0) is 10.1. The molecule has 82 valence electrons. The van der Waals surface area contributed by atoms with Crippen molar-refractivity contribution >= 4 is 0 Å². The fraction of sp³-hybridized carbons (Fsp3) is 1.00. The first kappa shape index (κ1) is 10.4. The molecule has 2 heteroatoms. The SMILES string of the molecule is CC(CN)C(O)CC1CC2CCC1C2. The number of aliphatic hydroxyl groups is 1. The lowest BCUT2D eigenvalue weighted by atomic mass is 9.82. The molecule has 2 aliphatic carbocycles. The van der Waals surface area contributed by atoms with Crippen LogP contribution in [0.4, 0.5) is 0 Å². The smallest absolute Gasteiger partial charge is 0.0580 e. The van der Waals surface area contributed by atoms with Crippen LogP contribution in [-0.4, -0.2) is 17.8 Å². The van der Waals surface area contributed by atoms with E-state index in [2.05, 4.69) is 6.92 Å². The van der Waals surface area contributed by atoms with Crippen LogP contribution in [0.5, 0.6) is 0 Å². The van der Waals surface area contributed by atoms with E-state index in [1.165, 1.54) is 25.7 Å². The molecule has 5 atom stereocenters. The number of hydrogen-bond acceptors (Lipinski definition) is 2. The lowest BCUT2D eigenvalue weighted by Gasteiger charge is -2.26. The first-order chi connectivity index (χ1) is 6.70. The Morgan fingerprint density at radius 3 is 2.64 bits per heavy atom. The molecular formula is C12H23NO. The predicted molar refractivity (Wildman–Crippen MR) is 57.8 cm³/mol. The van der Waals surface area contributed by atoms with Gasteiger partial charge in [-0.05, 0) is 55.9 Å². The number of aliphatic hydroxyl groups excluding tert-OH is 1. The van der Waals surface area contributed by atoms with Crippen LogP contribution in [0.2, 0.25) is 0 Å². The first-order valence-electron chi connectivity index (χ1n) is 6.08. The zero-order valence-electron chi connectivity index (χ0n) is 9.15. The Morgan fingerprint density at radius 2 is 2.14 bits per heavy atom. The van der Waals surface area contributed by atoms with Crippen LogP contribution in [0.25, 0.3) is 0 Å². The molecule has 2 fully saturated rings. The minimum atomic E-state index is -0.163. The number of rotatable bonds is 4. The van der Waals surface area contributed by atoms with Gasteiger partial charge in [-0.2, -0.15) is 0 Å². The van der Waals surface area contributed by atoms with Crippen LogP contribution in [0.1, 0.15) is 39.0 Å². The van der Waals surface area contributed by atoms with Crippen LogP contribution in [0.15, 0.2) is 0 Å². The Balaban J connectivity index is 1.80. The topological polar surface area (TPSA) is 46.2 Å². The average Bonchev–Trinajstić information content (AvgIpc) is 2.77. The largest absolute Gasteiger partial charge is 0.393 e. The van der Waals surface area contributed by atoms with E-state index in [1.807, 2.05) is 0 Å². The number of hydrogen-bond donors (Lipinski definition) is 2. The predicted octanol–water partition coefficient (Wildman–Crippen LogP) is 1.77. The standard InChI is InChI=1S/C12H23NO/c1-8(7-13)12(14)6-11-5-9-2-3-10(11)4-9/h8-12,14H,2-7,13H2,1H3. The fourth-order valence-corrected chi connectivity index (χ4v) is 3.36. The summed E-state index contributed by atoms with van der Waals surface area (Å²) in [5.41, 5.74) is 5.56. The van der Waals surface area contributed by atoms with Crippen molar-refractivity contribution in [2.75, 3.05) is 6.54 Å². The first-order valence-corrected chi connectivity index (χ1v) is 6.08. The molecule has 2 aliphatic rings. The van der Waals surface area contributed by atoms with Crippen molar-refractivity contribution in [3.8, 4) is 0 Å². The van der Waals surface area contributed by atoms with Crippen LogP contribution >= 0.6 is 0 Å². The third kappa shape index (κ3) is 1.96. The Kier molecular flexibility index (Phi) is 3.13. The molecule has 5 unspecified atom stereocenters. The number of fused-ring (bicyclic) bond motifs is 2. The van der Waals surface area contributed by atoms with E-state index in [0.717, 1.165) is 24.2 Å². The highest BCUT2D eigenvalue weighted by molar-refractivity contribution is 4.91. The van der Waals surface area contributed by atoms with Gasteiger partial charge in [0.1, 0.15) is 0 Å². The van der Waals surface area contributed by atoms with Gasteiger partial charge in [0.2, 0.25) is 0 Å². The van der Waals surface area contributed by atoms with Crippen molar-refractivity contribution in [3.63, 3.8) is 0 Å². The normalized spacial score (nSPS) is 40.1. The molecule has 0 aliphatic heterocycles. The van der Waals surface area contributed by atoms with Crippen molar-refractivity contribution in [3.05, 3.63) is 0 Å². The molecule has 0 radical (unpaired) electrons. The zero-order valence-corrected chi connectivity index (χ0v) is 9.15. The van der Waals surface area contributed by atoms with E-state index in [0.29, 0.717) is 6.54 Å². The summed E-state index contributed by atoms with van der Waals surface area (Å²) in [6.07, 6.45) is 6.51. The molecule has 0 aromatic carbocycles. The van der Waals surface area contributed by atoms with Gasteiger partial charge in [-0.15, -0.1) is 0 Å². The highest BCUT2D eigenvalue weighted by Gasteiger charge is 2.40. The summed E-state index contributed by atoms with van der Waals surface area (Å²) in [7, 11) is 0. The Hall–Kier alpha value is -0.0800. The van der Waals surface area contributed by atoms with Gasteiger partial charge in [0.15, 0.2) is 0 Å². The second-order valence-corrected chi connectivity index (χ2v) is 5.45. The van der Waals surface area contributed by atoms with Gasteiger partial charge in [-0.1, -0.05) is 13.3 Å². The molecule has 0 amide bonds. The maximum atomic E-state index is 9.93. The molecule has 2 saturated carbocycles. The van der Waals surface area contributed by atoms with Crippen LogP contribution in [0, 0.1) is 23.7 Å². The van der Waals surface area contributed by atoms with Gasteiger partial charge in [-0.3, -0.25) is 0 Å². The van der Waals surface area contributed by atoms with Crippen LogP contribution in [0.3, 0.4) is 0 Å². The summed E-state index contributed by atoms with van der Waals surface area (Å²) in [5.74, 6) is 3.00. The minimum Gasteiger partial charge on any atom is -0.393 e. The van der Waals surface area contributed by atoms with Crippen LogP contribution < -0.4 is 5.73 Å². The lowest BCUT2D eigenvalue weighted by Crippen LogP contribution is -2.28. The van der Waals surface area contributed by atoms with Gasteiger partial charge in [0.25, 0.3) is 0 Å². The van der Waals surface area contributed by atoms with Gasteiger partial charge < -0.3 is 10.8 Å². The number of nitrogens with two attached hydrogens (primary N) is 1. The summed E-state index contributed by atoms with van der Waals surface area (Å²) >= 11 is 0. The summed E-state index contributed by atoms with van der Waals surface area (Å²) < 4.78 is 0. The molecule has 0 heterocycles. The van der Waals surface area contributed by atoms with E-state index >= 15 is 0 Å². The summed E-state index contributed by atoms with van der Waals surface area (Å²) in [5, 5.41) is 9.93. The monoisotopic (exact) mass is 197 g/mol. The molecule has 0 aromatic heterocycles. The van der Waals surface area contributed by atoms with E-state index in [9.17, 15) is 5.11 Å². The van der Waals surface area contributed by atoms with Crippen molar-refractivity contribution in [1.29, 1.82) is 0 Å². The molecule has 0 aromatic rings. The summed E-state index contributed by atoms with van der Waals surface area (Å²) in [6, 6.07) is 0. The lowest BCUT2D eigenvalue weighted by molar-refractivity contribution is 0.0807. The van der Waals surface area contributed by atoms with E-state index in [4.69, 9.17) is 5.73 Å². The minimum absolute atomic E-state index is 0.163. The maximum absolute atomic E-state index is 9.93. The van der Waals surface area contributed by atoms with Crippen molar-refractivity contribution < 1.29 is 5.11 Å². The van der Waals surface area contributed by atoms with Crippen molar-refractivity contribution in [2.24, 2.45) is 29.4 Å². The quantitative estimate of drug-likeness (QED) is 0.721. The van der Waals surface area contributed by atoms with E-state index < -0.39 is 0 Å². The highest BCUT2D eigenvalue weighted by atomic mass is 16.3. The van der Waals surface area contributed by atoms with Gasteiger partial charge >= 0.3 is 0 Å². The summed E-state index contributed by atoms with van der Waals surface area (Å²) in [4.78, 5) is 0. The molecular weight excluding hydrogens is 174 g/mol. The maximum Gasteiger partial charge on any atom is 0.0580 e. The second kappa shape index (κ2) is 4.19. The molecule has 0 spiro atoms. The van der Waals surface area contributed by atoms with Crippen molar-refractivity contribution in [1.82, 2.24) is 0 Å². The Bertz CT molecular complexity index is 195. The molecule has 14 heavy (non-hydrogen) atoms. The van der Waals surface area contributed by atoms with Gasteiger partial charge in [0, 0.05) is 0 Å². The second-order valence-electron chi connectivity index (χ2n) is 5.45. The van der Waals surface area contributed by atoms with Gasteiger partial charge in [-0.25, -0.2) is 0 Å². The molecule has 2 rings (SSSR count). The molecule has 3 N–H and O–H groups in total. The third-order valence-corrected chi connectivity index (χ3v) is 4.46. The average molecular weight is 197 g/mol. The van der Waals surface area contributed by atoms with Gasteiger partial charge in [0.05, 0.1) is 6.10 Å². The fourth-order valence-electron chi connectivity index (χ4n) is 3.36. The van der Waals surface area contributed by atoms with Crippen molar-refractivity contribution in [2.45, 2.75) is 45.1 Å². The van der Waals surface area contributed by atoms with Crippen LogP contribution in [-0.2, 0) is 0 Å². The highest BCUT2D eigenvalue weighted by Crippen LogP contribution is 2.50. The summed E-state index contributed by atoms with van der Waals surface area (Å²) in [6.45, 7) is 2.67. The van der Waals surface area contributed by atoms with E-state index in [1.54, 1.807) is 0 Å². The Morgan fingerprint density at radius 1 is 1.36 bits per heavy atom. The Labute approximate surface area is 86.9 Å². The molecule has 2 bridgehead atoms.